The van der Waals surface area contributed by atoms with Gasteiger partial charge in [-0.05, 0) is 42.8 Å². The van der Waals surface area contributed by atoms with E-state index < -0.39 is 10.0 Å². The molecule has 0 N–H and O–H groups in total. The predicted molar refractivity (Wildman–Crippen MR) is 120 cm³/mol. The van der Waals surface area contributed by atoms with Crippen molar-refractivity contribution in [3.05, 3.63) is 99.4 Å². The highest BCUT2D eigenvalue weighted by molar-refractivity contribution is 9.10. The number of anilines is 1. The molecule has 0 aliphatic rings. The predicted octanol–water partition coefficient (Wildman–Crippen LogP) is 6.15. The second-order valence-corrected chi connectivity index (χ2v) is 9.17. The summed E-state index contributed by atoms with van der Waals surface area (Å²) in [7, 11) is -3.86. The molecule has 29 heavy (non-hydrogen) atoms. The molecule has 3 aromatic carbocycles. The van der Waals surface area contributed by atoms with Crippen molar-refractivity contribution in [1.29, 1.82) is 5.39 Å². The lowest BCUT2D eigenvalue weighted by molar-refractivity contribution is 0.593. The van der Waals surface area contributed by atoms with Crippen molar-refractivity contribution >= 4 is 43.4 Å². The molecular formula is C22H19BrN3O2S+. The quantitative estimate of drug-likeness (QED) is 0.407. The SMILES string of the molecule is Cc1ccc(S(=O)(=O)N(C/C=C/c2ccc(Br)cc2)c2ccccc2[N+]#N)cc1. The zero-order chi connectivity index (χ0) is 20.9. The second kappa shape index (κ2) is 9.03. The molecule has 0 fully saturated rings. The van der Waals surface area contributed by atoms with Crippen molar-refractivity contribution in [2.75, 3.05) is 10.8 Å². The van der Waals surface area contributed by atoms with Crippen LogP contribution in [0.2, 0.25) is 0 Å². The van der Waals surface area contributed by atoms with E-state index in [0.717, 1.165) is 15.6 Å². The van der Waals surface area contributed by atoms with E-state index in [-0.39, 0.29) is 17.1 Å². The first-order valence-corrected chi connectivity index (χ1v) is 11.1. The molecule has 0 bridgehead atoms. The van der Waals surface area contributed by atoms with Crippen LogP contribution in [0.15, 0.2) is 88.2 Å². The van der Waals surface area contributed by atoms with Crippen molar-refractivity contribution in [2.45, 2.75) is 11.8 Å². The third-order valence-electron chi connectivity index (χ3n) is 4.32. The Kier molecular flexibility index (Phi) is 6.47. The number of rotatable bonds is 6. The molecule has 0 aromatic heterocycles. The van der Waals surface area contributed by atoms with Crippen LogP contribution in [0.1, 0.15) is 11.1 Å². The minimum atomic E-state index is -3.86. The van der Waals surface area contributed by atoms with Crippen molar-refractivity contribution in [3.63, 3.8) is 0 Å². The van der Waals surface area contributed by atoms with Crippen molar-refractivity contribution < 1.29 is 8.42 Å². The van der Waals surface area contributed by atoms with Gasteiger partial charge in [0.1, 0.15) is 5.69 Å². The molecule has 0 saturated heterocycles. The van der Waals surface area contributed by atoms with Crippen molar-refractivity contribution in [3.8, 4) is 0 Å². The Bertz CT molecular complexity index is 1170. The van der Waals surface area contributed by atoms with Gasteiger partial charge in [0.15, 0.2) is 4.98 Å². The van der Waals surface area contributed by atoms with Crippen LogP contribution in [0.4, 0.5) is 11.4 Å². The van der Waals surface area contributed by atoms with Gasteiger partial charge in [-0.15, -0.1) is 0 Å². The van der Waals surface area contributed by atoms with Crippen molar-refractivity contribution in [1.82, 2.24) is 0 Å². The van der Waals surface area contributed by atoms with E-state index in [1.807, 2.05) is 37.3 Å². The molecule has 0 saturated carbocycles. The van der Waals surface area contributed by atoms with E-state index >= 15 is 0 Å². The molecule has 5 nitrogen and oxygen atoms in total. The van der Waals surface area contributed by atoms with Crippen LogP contribution in [-0.4, -0.2) is 15.0 Å². The van der Waals surface area contributed by atoms with Gasteiger partial charge < -0.3 is 0 Å². The summed E-state index contributed by atoms with van der Waals surface area (Å²) in [6.07, 6.45) is 3.62. The highest BCUT2D eigenvalue weighted by Gasteiger charge is 2.29. The first kappa shape index (κ1) is 20.8. The fourth-order valence-corrected chi connectivity index (χ4v) is 4.48. The number of benzene rings is 3. The zero-order valence-corrected chi connectivity index (χ0v) is 18.1. The molecule has 7 heteroatoms. The smallest absolute Gasteiger partial charge is 0.254 e. The largest absolute Gasteiger partial charge is 0.409 e. The summed E-state index contributed by atoms with van der Waals surface area (Å²) < 4.78 is 28.9. The van der Waals surface area contributed by atoms with Crippen LogP contribution < -0.4 is 4.31 Å². The molecule has 3 rings (SSSR count). The van der Waals surface area contributed by atoms with E-state index in [2.05, 4.69) is 20.9 Å². The van der Waals surface area contributed by atoms with E-state index in [1.165, 1.54) is 4.31 Å². The molecule has 0 radical (unpaired) electrons. The Morgan fingerprint density at radius 2 is 1.66 bits per heavy atom. The monoisotopic (exact) mass is 468 g/mol. The van der Waals surface area contributed by atoms with Gasteiger partial charge >= 0.3 is 5.69 Å². The third-order valence-corrected chi connectivity index (χ3v) is 6.64. The second-order valence-electron chi connectivity index (χ2n) is 6.39. The Morgan fingerprint density at radius 3 is 2.31 bits per heavy atom. The fourth-order valence-electron chi connectivity index (χ4n) is 2.78. The lowest BCUT2D eigenvalue weighted by Gasteiger charge is -2.21. The van der Waals surface area contributed by atoms with Crippen LogP contribution in [0.5, 0.6) is 0 Å². The van der Waals surface area contributed by atoms with Gasteiger partial charge in [-0.2, -0.15) is 0 Å². The highest BCUT2D eigenvalue weighted by Crippen LogP contribution is 2.32. The summed E-state index contributed by atoms with van der Waals surface area (Å²) in [5.41, 5.74) is 2.40. The van der Waals surface area contributed by atoms with Gasteiger partial charge in [-0.1, -0.05) is 70.0 Å². The lowest BCUT2D eigenvalue weighted by Crippen LogP contribution is -2.31. The summed E-state index contributed by atoms with van der Waals surface area (Å²) in [4.78, 5) is 3.43. The summed E-state index contributed by atoms with van der Waals surface area (Å²) >= 11 is 3.39. The number of sulfonamides is 1. The topological polar surface area (TPSA) is 65.5 Å². The zero-order valence-electron chi connectivity index (χ0n) is 15.7. The summed E-state index contributed by atoms with van der Waals surface area (Å²) in [5, 5.41) is 9.35. The Hall–Kier alpha value is -2.95. The maximum Gasteiger partial charge on any atom is 0.409 e. The van der Waals surface area contributed by atoms with Gasteiger partial charge in [0.25, 0.3) is 10.0 Å². The standard InChI is InChI=1S/C22H19BrN3O2S/c1-17-8-14-20(15-9-17)29(27,28)26(22-7-3-2-6-21(22)25-24)16-4-5-18-10-12-19(23)13-11-18/h2-15H,16H2,1H3/q+1/b5-4+. The third kappa shape index (κ3) is 4.91. The number of nitrogens with zero attached hydrogens (tertiary/aromatic N) is 3. The Balaban J connectivity index is 2.01. The number of hydrogen-bond donors (Lipinski definition) is 0. The minimum absolute atomic E-state index is 0.0821. The first-order valence-electron chi connectivity index (χ1n) is 8.87. The summed E-state index contributed by atoms with van der Waals surface area (Å²) in [6, 6.07) is 20.9. The highest BCUT2D eigenvalue weighted by atomic mass is 79.9. The molecule has 0 heterocycles. The molecule has 0 aliphatic carbocycles. The maximum absolute atomic E-state index is 13.4. The van der Waals surface area contributed by atoms with Gasteiger partial charge in [0, 0.05) is 10.5 Å². The Labute approximate surface area is 179 Å². The van der Waals surface area contributed by atoms with Gasteiger partial charge in [0.05, 0.1) is 11.4 Å². The van der Waals surface area contributed by atoms with E-state index in [4.69, 9.17) is 0 Å². The van der Waals surface area contributed by atoms with Gasteiger partial charge in [-0.25, -0.2) is 8.42 Å². The molecule has 0 spiro atoms. The Morgan fingerprint density at radius 1 is 1.00 bits per heavy atom. The average Bonchev–Trinajstić information content (AvgIpc) is 2.73. The molecule has 3 aromatic rings. The summed E-state index contributed by atoms with van der Waals surface area (Å²) in [5.74, 6) is 0. The fraction of sp³-hybridized carbons (Fsp3) is 0.0909. The lowest BCUT2D eigenvalue weighted by atomic mass is 10.2. The van der Waals surface area contributed by atoms with Crippen LogP contribution in [0.3, 0.4) is 0 Å². The van der Waals surface area contributed by atoms with Crippen LogP contribution in [0.25, 0.3) is 11.1 Å². The van der Waals surface area contributed by atoms with Crippen LogP contribution in [-0.2, 0) is 10.0 Å². The number of para-hydroxylation sites is 1. The number of diazo groups is 1. The van der Waals surface area contributed by atoms with Crippen LogP contribution in [0, 0.1) is 12.3 Å². The summed E-state index contributed by atoms with van der Waals surface area (Å²) in [6.45, 7) is 1.98. The molecule has 146 valence electrons. The minimum Gasteiger partial charge on any atom is -0.254 e. The van der Waals surface area contributed by atoms with E-state index in [1.54, 1.807) is 54.6 Å². The number of hydrogen-bond acceptors (Lipinski definition) is 3. The van der Waals surface area contributed by atoms with E-state index in [0.29, 0.717) is 5.69 Å². The normalized spacial score (nSPS) is 11.3. The number of halogens is 1. The maximum atomic E-state index is 13.4. The molecular weight excluding hydrogens is 450 g/mol. The van der Waals surface area contributed by atoms with Crippen LogP contribution >= 0.6 is 15.9 Å². The number of aryl methyl sites for hydroxylation is 1. The molecule has 0 atom stereocenters. The first-order chi connectivity index (χ1) is 13.9. The van der Waals surface area contributed by atoms with Crippen molar-refractivity contribution in [2.24, 2.45) is 0 Å². The van der Waals surface area contributed by atoms with Gasteiger partial charge in [-0.3, -0.25) is 4.31 Å². The molecule has 0 amide bonds. The average molecular weight is 469 g/mol. The molecule has 0 aliphatic heterocycles. The van der Waals surface area contributed by atoms with Gasteiger partial charge in [0.2, 0.25) is 5.39 Å². The van der Waals surface area contributed by atoms with E-state index in [9.17, 15) is 13.8 Å². The molecule has 0 unspecified atom stereocenters.